The summed E-state index contributed by atoms with van der Waals surface area (Å²) in [7, 11) is 4.31. The number of benzene rings is 2. The molecule has 2 aromatic rings. The van der Waals surface area contributed by atoms with Gasteiger partial charge < -0.3 is 9.64 Å². The fourth-order valence-electron chi connectivity index (χ4n) is 3.09. The van der Waals surface area contributed by atoms with Gasteiger partial charge in [0, 0.05) is 5.39 Å². The largest absolute Gasteiger partial charge is 0.493 e. The van der Waals surface area contributed by atoms with E-state index in [1.165, 1.54) is 62.3 Å². The summed E-state index contributed by atoms with van der Waals surface area (Å²) in [6.45, 7) is 2.06. The molecule has 0 aromatic heterocycles. The van der Waals surface area contributed by atoms with Crippen LogP contribution in [0.1, 0.15) is 51.4 Å². The predicted octanol–water partition coefficient (Wildman–Crippen LogP) is 5.90. The van der Waals surface area contributed by atoms with Crippen molar-refractivity contribution < 1.29 is 4.74 Å². The van der Waals surface area contributed by atoms with Crippen molar-refractivity contribution >= 4 is 10.8 Å². The second kappa shape index (κ2) is 11.1. The number of nitrogens with zero attached hydrogens (tertiary/aromatic N) is 1. The molecule has 2 rings (SSSR count). The van der Waals surface area contributed by atoms with E-state index < -0.39 is 0 Å². The monoisotopic (exact) mass is 327 g/mol. The van der Waals surface area contributed by atoms with Crippen molar-refractivity contribution in [3.8, 4) is 5.75 Å². The Labute approximate surface area is 147 Å². The van der Waals surface area contributed by atoms with Crippen molar-refractivity contribution in [2.75, 3.05) is 27.2 Å². The Hall–Kier alpha value is -1.54. The Morgan fingerprint density at radius 1 is 0.708 bits per heavy atom. The highest BCUT2D eigenvalue weighted by molar-refractivity contribution is 5.88. The number of hydrogen-bond donors (Lipinski definition) is 0. The lowest BCUT2D eigenvalue weighted by molar-refractivity contribution is 0.307. The van der Waals surface area contributed by atoms with Crippen LogP contribution in [0, 0.1) is 0 Å². The zero-order valence-electron chi connectivity index (χ0n) is 15.5. The molecule has 0 aliphatic rings. The van der Waals surface area contributed by atoms with Crippen LogP contribution < -0.4 is 4.74 Å². The number of hydrogen-bond acceptors (Lipinski definition) is 2. The molecule has 2 aromatic carbocycles. The standard InChI is InChI=1S/C22H33NO/c1-23(2)18-11-7-5-3-4-6-8-12-19-24-22-17-13-15-20-14-9-10-16-21(20)22/h9-10,13-17H,3-8,11-12,18-19H2,1-2H3. The third-order valence-electron chi connectivity index (χ3n) is 4.51. The summed E-state index contributed by atoms with van der Waals surface area (Å²) in [5, 5.41) is 2.47. The Kier molecular flexibility index (Phi) is 8.69. The van der Waals surface area contributed by atoms with Gasteiger partial charge in [0.25, 0.3) is 0 Å². The third kappa shape index (κ3) is 6.92. The maximum absolute atomic E-state index is 6.00. The summed E-state index contributed by atoms with van der Waals surface area (Å²) in [6, 6.07) is 14.7. The first-order valence-electron chi connectivity index (χ1n) is 9.52. The van der Waals surface area contributed by atoms with Gasteiger partial charge in [-0.15, -0.1) is 0 Å². The normalized spacial score (nSPS) is 11.3. The molecule has 0 bridgehead atoms. The van der Waals surface area contributed by atoms with E-state index in [1.54, 1.807) is 0 Å². The molecule has 0 heterocycles. The summed E-state index contributed by atoms with van der Waals surface area (Å²) < 4.78 is 6.00. The molecule has 0 atom stereocenters. The van der Waals surface area contributed by atoms with Gasteiger partial charge in [-0.3, -0.25) is 0 Å². The molecule has 2 nitrogen and oxygen atoms in total. The minimum Gasteiger partial charge on any atom is -0.493 e. The van der Waals surface area contributed by atoms with Gasteiger partial charge in [0.05, 0.1) is 6.61 Å². The molecule has 0 radical (unpaired) electrons. The summed E-state index contributed by atoms with van der Waals surface area (Å²) in [6.07, 6.45) is 10.6. The topological polar surface area (TPSA) is 12.5 Å². The molecule has 24 heavy (non-hydrogen) atoms. The van der Waals surface area contributed by atoms with E-state index in [1.807, 2.05) is 0 Å². The van der Waals surface area contributed by atoms with Gasteiger partial charge in [-0.1, -0.05) is 74.9 Å². The van der Waals surface area contributed by atoms with Gasteiger partial charge in [-0.25, -0.2) is 0 Å². The van der Waals surface area contributed by atoms with Crippen LogP contribution in [0.2, 0.25) is 0 Å². The highest BCUT2D eigenvalue weighted by atomic mass is 16.5. The lowest BCUT2D eigenvalue weighted by Gasteiger charge is -2.09. The number of unbranched alkanes of at least 4 members (excludes halogenated alkanes) is 7. The van der Waals surface area contributed by atoms with Crippen LogP contribution in [0.4, 0.5) is 0 Å². The summed E-state index contributed by atoms with van der Waals surface area (Å²) in [4.78, 5) is 2.27. The first kappa shape index (κ1) is 18.8. The molecule has 132 valence electrons. The van der Waals surface area contributed by atoms with Gasteiger partial charge >= 0.3 is 0 Å². The van der Waals surface area contributed by atoms with Gasteiger partial charge in [0.15, 0.2) is 0 Å². The van der Waals surface area contributed by atoms with Crippen LogP contribution in [0.15, 0.2) is 42.5 Å². The average molecular weight is 328 g/mol. The molecular weight excluding hydrogens is 294 g/mol. The SMILES string of the molecule is CN(C)CCCCCCCCCCOc1cccc2ccccc12. The molecule has 0 fully saturated rings. The van der Waals surface area contributed by atoms with Crippen LogP contribution in [0.3, 0.4) is 0 Å². The van der Waals surface area contributed by atoms with Crippen molar-refractivity contribution in [2.24, 2.45) is 0 Å². The number of rotatable bonds is 12. The van der Waals surface area contributed by atoms with Crippen LogP contribution >= 0.6 is 0 Å². The van der Waals surface area contributed by atoms with Crippen LogP contribution in [-0.4, -0.2) is 32.1 Å². The van der Waals surface area contributed by atoms with Crippen LogP contribution in [0.5, 0.6) is 5.75 Å². The first-order valence-corrected chi connectivity index (χ1v) is 9.52. The van der Waals surface area contributed by atoms with Crippen molar-refractivity contribution in [3.63, 3.8) is 0 Å². The zero-order chi connectivity index (χ0) is 17.0. The minimum absolute atomic E-state index is 0.830. The molecule has 0 saturated heterocycles. The Morgan fingerprint density at radius 3 is 2.08 bits per heavy atom. The molecule has 0 saturated carbocycles. The fraction of sp³-hybridized carbons (Fsp3) is 0.545. The van der Waals surface area contributed by atoms with Gasteiger partial charge in [-0.2, -0.15) is 0 Å². The molecule has 0 aliphatic heterocycles. The van der Waals surface area contributed by atoms with Crippen molar-refractivity contribution in [3.05, 3.63) is 42.5 Å². The maximum atomic E-state index is 6.00. The lowest BCUT2D eigenvalue weighted by Crippen LogP contribution is -2.12. The van der Waals surface area contributed by atoms with Crippen LogP contribution in [-0.2, 0) is 0 Å². The molecule has 0 aliphatic carbocycles. The van der Waals surface area contributed by atoms with Crippen molar-refractivity contribution in [2.45, 2.75) is 51.4 Å². The third-order valence-corrected chi connectivity index (χ3v) is 4.51. The Balaban J connectivity index is 1.51. The Morgan fingerprint density at radius 2 is 1.33 bits per heavy atom. The average Bonchev–Trinajstić information content (AvgIpc) is 2.59. The smallest absolute Gasteiger partial charge is 0.127 e. The molecule has 0 N–H and O–H groups in total. The van der Waals surface area contributed by atoms with E-state index in [9.17, 15) is 0 Å². The minimum atomic E-state index is 0.830. The van der Waals surface area contributed by atoms with Crippen molar-refractivity contribution in [1.82, 2.24) is 4.90 Å². The van der Waals surface area contributed by atoms with E-state index in [4.69, 9.17) is 4.74 Å². The predicted molar refractivity (Wildman–Crippen MR) is 105 cm³/mol. The maximum Gasteiger partial charge on any atom is 0.127 e. The molecule has 2 heteroatoms. The van der Waals surface area contributed by atoms with E-state index in [0.29, 0.717) is 0 Å². The first-order chi connectivity index (χ1) is 11.8. The van der Waals surface area contributed by atoms with E-state index in [2.05, 4.69) is 61.5 Å². The van der Waals surface area contributed by atoms with Crippen LogP contribution in [0.25, 0.3) is 10.8 Å². The number of fused-ring (bicyclic) bond motifs is 1. The van der Waals surface area contributed by atoms with Gasteiger partial charge in [0.2, 0.25) is 0 Å². The lowest BCUT2D eigenvalue weighted by atomic mass is 10.1. The molecule has 0 unspecified atom stereocenters. The van der Waals surface area contributed by atoms with E-state index >= 15 is 0 Å². The van der Waals surface area contributed by atoms with E-state index in [0.717, 1.165) is 18.8 Å². The highest BCUT2D eigenvalue weighted by Gasteiger charge is 2.00. The Bertz CT molecular complexity index is 574. The summed E-state index contributed by atoms with van der Waals surface area (Å²) >= 11 is 0. The molecular formula is C22H33NO. The summed E-state index contributed by atoms with van der Waals surface area (Å²) in [5.41, 5.74) is 0. The zero-order valence-corrected chi connectivity index (χ0v) is 15.5. The second-order valence-electron chi connectivity index (χ2n) is 6.96. The second-order valence-corrected chi connectivity index (χ2v) is 6.96. The molecule has 0 amide bonds. The van der Waals surface area contributed by atoms with Gasteiger partial charge in [0.1, 0.15) is 5.75 Å². The van der Waals surface area contributed by atoms with E-state index in [-0.39, 0.29) is 0 Å². The number of ether oxygens (including phenoxy) is 1. The summed E-state index contributed by atoms with van der Waals surface area (Å²) in [5.74, 6) is 1.02. The fourth-order valence-corrected chi connectivity index (χ4v) is 3.09. The van der Waals surface area contributed by atoms with Crippen molar-refractivity contribution in [1.29, 1.82) is 0 Å². The van der Waals surface area contributed by atoms with Gasteiger partial charge in [-0.05, 0) is 44.9 Å². The molecule has 0 spiro atoms. The highest BCUT2D eigenvalue weighted by Crippen LogP contribution is 2.25. The quantitative estimate of drug-likeness (QED) is 0.450.